The first-order valence-corrected chi connectivity index (χ1v) is 12.0. The molecular formula is C29H33N3O2. The molecule has 4 aromatic rings. The Kier molecular flexibility index (Phi) is 7.31. The zero-order chi connectivity index (χ0) is 24.1. The maximum Gasteiger partial charge on any atom is 0.251 e. The normalized spacial score (nSPS) is 11.2. The topological polar surface area (TPSA) is 56.1 Å². The maximum atomic E-state index is 12.7. The summed E-state index contributed by atoms with van der Waals surface area (Å²) in [4.78, 5) is 17.5. The Bertz CT molecular complexity index is 1290. The first kappa shape index (κ1) is 23.6. The quantitative estimate of drug-likeness (QED) is 0.307. The van der Waals surface area contributed by atoms with E-state index < -0.39 is 0 Å². The van der Waals surface area contributed by atoms with Crippen LogP contribution in [0.4, 0.5) is 0 Å². The number of hydrogen-bond acceptors (Lipinski definition) is 3. The molecule has 0 saturated heterocycles. The van der Waals surface area contributed by atoms with Gasteiger partial charge in [-0.25, -0.2) is 4.98 Å². The summed E-state index contributed by atoms with van der Waals surface area (Å²) in [7, 11) is 0. The highest BCUT2D eigenvalue weighted by atomic mass is 16.5. The van der Waals surface area contributed by atoms with Crippen LogP contribution >= 0.6 is 0 Å². The van der Waals surface area contributed by atoms with Gasteiger partial charge < -0.3 is 14.6 Å². The van der Waals surface area contributed by atoms with E-state index in [0.29, 0.717) is 24.6 Å². The minimum atomic E-state index is -0.0827. The molecule has 0 bridgehead atoms. The van der Waals surface area contributed by atoms with Crippen molar-refractivity contribution in [3.8, 4) is 5.75 Å². The van der Waals surface area contributed by atoms with Crippen LogP contribution in [0.1, 0.15) is 59.1 Å². The zero-order valence-corrected chi connectivity index (χ0v) is 20.5. The van der Waals surface area contributed by atoms with Gasteiger partial charge in [0.1, 0.15) is 11.6 Å². The largest absolute Gasteiger partial charge is 0.493 e. The Morgan fingerprint density at radius 3 is 2.59 bits per heavy atom. The molecule has 1 amide bonds. The van der Waals surface area contributed by atoms with E-state index in [4.69, 9.17) is 9.72 Å². The SMILES string of the molecule is Cc1ccc(C(C)C)c(OCCCn2c(CNC(=O)c3ccccc3C)nc3ccccc32)c1. The summed E-state index contributed by atoms with van der Waals surface area (Å²) in [6.07, 6.45) is 0.838. The molecule has 5 nitrogen and oxygen atoms in total. The number of hydrogen-bond donors (Lipinski definition) is 1. The van der Waals surface area contributed by atoms with E-state index in [-0.39, 0.29) is 5.91 Å². The lowest BCUT2D eigenvalue weighted by Gasteiger charge is -2.16. The van der Waals surface area contributed by atoms with Crippen LogP contribution in [0.2, 0.25) is 0 Å². The average molecular weight is 456 g/mol. The van der Waals surface area contributed by atoms with Gasteiger partial charge in [-0.05, 0) is 67.1 Å². The van der Waals surface area contributed by atoms with Crippen LogP contribution in [0.5, 0.6) is 5.75 Å². The molecule has 176 valence electrons. The van der Waals surface area contributed by atoms with Gasteiger partial charge in [-0.1, -0.05) is 56.3 Å². The van der Waals surface area contributed by atoms with E-state index in [1.807, 2.05) is 49.4 Å². The number of nitrogens with zero attached hydrogens (tertiary/aromatic N) is 2. The lowest BCUT2D eigenvalue weighted by molar-refractivity contribution is 0.0949. The van der Waals surface area contributed by atoms with Crippen molar-refractivity contribution >= 4 is 16.9 Å². The minimum absolute atomic E-state index is 0.0827. The van der Waals surface area contributed by atoms with Crippen molar-refractivity contribution < 1.29 is 9.53 Å². The molecule has 0 unspecified atom stereocenters. The van der Waals surface area contributed by atoms with Crippen molar-refractivity contribution in [3.05, 3.63) is 94.8 Å². The number of para-hydroxylation sites is 2. The van der Waals surface area contributed by atoms with E-state index in [9.17, 15) is 4.79 Å². The number of fused-ring (bicyclic) bond motifs is 1. The predicted molar refractivity (Wildman–Crippen MR) is 137 cm³/mol. The summed E-state index contributed by atoms with van der Waals surface area (Å²) in [6, 6.07) is 22.1. The van der Waals surface area contributed by atoms with Crippen LogP contribution in [0.15, 0.2) is 66.7 Å². The fourth-order valence-corrected chi connectivity index (χ4v) is 4.24. The Balaban J connectivity index is 1.45. The Hall–Kier alpha value is -3.60. The van der Waals surface area contributed by atoms with E-state index in [2.05, 4.69) is 54.9 Å². The van der Waals surface area contributed by atoms with Gasteiger partial charge in [-0.2, -0.15) is 0 Å². The highest BCUT2D eigenvalue weighted by Crippen LogP contribution is 2.27. The van der Waals surface area contributed by atoms with Crippen molar-refractivity contribution in [2.24, 2.45) is 0 Å². The Morgan fingerprint density at radius 2 is 1.79 bits per heavy atom. The molecule has 0 aliphatic carbocycles. The molecular weight excluding hydrogens is 422 g/mol. The van der Waals surface area contributed by atoms with Gasteiger partial charge in [-0.15, -0.1) is 0 Å². The summed E-state index contributed by atoms with van der Waals surface area (Å²) < 4.78 is 8.39. The summed E-state index contributed by atoms with van der Waals surface area (Å²) in [6.45, 7) is 10.2. The van der Waals surface area contributed by atoms with Crippen LogP contribution in [0, 0.1) is 13.8 Å². The number of carbonyl (C=O) groups excluding carboxylic acids is 1. The number of benzene rings is 3. The van der Waals surface area contributed by atoms with Gasteiger partial charge in [0.25, 0.3) is 5.91 Å². The van der Waals surface area contributed by atoms with Crippen molar-refractivity contribution in [2.45, 2.75) is 53.1 Å². The number of nitrogens with one attached hydrogen (secondary N) is 1. The number of carbonyl (C=O) groups is 1. The maximum absolute atomic E-state index is 12.7. The van der Waals surface area contributed by atoms with Crippen LogP contribution in [-0.2, 0) is 13.1 Å². The van der Waals surface area contributed by atoms with Crippen LogP contribution in [-0.4, -0.2) is 22.1 Å². The Morgan fingerprint density at radius 1 is 1.03 bits per heavy atom. The first-order valence-electron chi connectivity index (χ1n) is 12.0. The first-order chi connectivity index (χ1) is 16.4. The summed E-state index contributed by atoms with van der Waals surface area (Å²) >= 11 is 0. The number of amides is 1. The second-order valence-corrected chi connectivity index (χ2v) is 9.06. The van der Waals surface area contributed by atoms with E-state index in [1.165, 1.54) is 11.1 Å². The Labute approximate surface area is 201 Å². The van der Waals surface area contributed by atoms with Crippen molar-refractivity contribution in [2.75, 3.05) is 6.61 Å². The molecule has 0 saturated carbocycles. The number of aryl methyl sites for hydroxylation is 3. The van der Waals surface area contributed by atoms with Gasteiger partial charge in [-0.3, -0.25) is 4.79 Å². The number of aromatic nitrogens is 2. The van der Waals surface area contributed by atoms with Crippen LogP contribution < -0.4 is 10.1 Å². The van der Waals surface area contributed by atoms with E-state index in [1.54, 1.807) is 0 Å². The van der Waals surface area contributed by atoms with Gasteiger partial charge in [0.2, 0.25) is 0 Å². The number of ether oxygens (including phenoxy) is 1. The highest BCUT2D eigenvalue weighted by Gasteiger charge is 2.14. The molecule has 3 aromatic carbocycles. The van der Waals surface area contributed by atoms with Crippen LogP contribution in [0.25, 0.3) is 11.0 Å². The molecule has 0 atom stereocenters. The lowest BCUT2D eigenvalue weighted by Crippen LogP contribution is -2.25. The predicted octanol–water partition coefficient (Wildman–Crippen LogP) is 6.18. The third-order valence-corrected chi connectivity index (χ3v) is 6.11. The molecule has 0 aliphatic rings. The lowest BCUT2D eigenvalue weighted by atomic mass is 10.0. The second kappa shape index (κ2) is 10.6. The van der Waals surface area contributed by atoms with Crippen molar-refractivity contribution in [3.63, 3.8) is 0 Å². The minimum Gasteiger partial charge on any atom is -0.493 e. The third kappa shape index (κ3) is 5.30. The molecule has 5 heteroatoms. The molecule has 0 aliphatic heterocycles. The highest BCUT2D eigenvalue weighted by molar-refractivity contribution is 5.95. The van der Waals surface area contributed by atoms with Crippen molar-refractivity contribution in [1.29, 1.82) is 0 Å². The average Bonchev–Trinajstić information content (AvgIpc) is 3.18. The monoisotopic (exact) mass is 455 g/mol. The smallest absolute Gasteiger partial charge is 0.251 e. The zero-order valence-electron chi connectivity index (χ0n) is 20.5. The van der Waals surface area contributed by atoms with E-state index in [0.717, 1.165) is 41.1 Å². The molecule has 1 heterocycles. The fourth-order valence-electron chi connectivity index (χ4n) is 4.24. The summed E-state index contributed by atoms with van der Waals surface area (Å²) in [5.41, 5.74) is 6.09. The third-order valence-electron chi connectivity index (χ3n) is 6.11. The molecule has 1 aromatic heterocycles. The molecule has 0 spiro atoms. The van der Waals surface area contributed by atoms with Gasteiger partial charge >= 0.3 is 0 Å². The van der Waals surface area contributed by atoms with Crippen LogP contribution in [0.3, 0.4) is 0 Å². The molecule has 0 fully saturated rings. The number of rotatable bonds is 9. The second-order valence-electron chi connectivity index (χ2n) is 9.06. The fraction of sp³-hybridized carbons (Fsp3) is 0.310. The van der Waals surface area contributed by atoms with Gasteiger partial charge in [0.05, 0.1) is 24.2 Å². The van der Waals surface area contributed by atoms with Gasteiger partial charge in [0.15, 0.2) is 0 Å². The number of imidazole rings is 1. The molecule has 34 heavy (non-hydrogen) atoms. The van der Waals surface area contributed by atoms with E-state index >= 15 is 0 Å². The summed E-state index contributed by atoms with van der Waals surface area (Å²) in [5, 5.41) is 3.05. The summed E-state index contributed by atoms with van der Waals surface area (Å²) in [5.74, 6) is 2.15. The molecule has 1 N–H and O–H groups in total. The molecule has 4 rings (SSSR count). The van der Waals surface area contributed by atoms with Gasteiger partial charge in [0, 0.05) is 12.1 Å². The van der Waals surface area contributed by atoms with Crippen molar-refractivity contribution in [1.82, 2.24) is 14.9 Å². The standard InChI is InChI=1S/C29H33N3O2/c1-20(2)23-15-14-21(3)18-27(23)34-17-9-16-32-26-13-8-7-12-25(26)31-28(32)19-30-29(33)24-11-6-5-10-22(24)4/h5-8,10-15,18,20H,9,16-17,19H2,1-4H3,(H,30,33). The molecule has 0 radical (unpaired) electrons.